The lowest BCUT2D eigenvalue weighted by Gasteiger charge is -2.23. The SMILES string of the molecule is CC(C)C(CNc1ccc(F)cc1Br)c1ccccc1. The molecule has 0 aliphatic carbocycles. The lowest BCUT2D eigenvalue weighted by Crippen LogP contribution is -2.18. The topological polar surface area (TPSA) is 12.0 Å². The molecule has 2 aromatic carbocycles. The summed E-state index contributed by atoms with van der Waals surface area (Å²) < 4.78 is 13.8. The number of anilines is 1. The average molecular weight is 336 g/mol. The van der Waals surface area contributed by atoms with E-state index in [1.165, 1.54) is 17.7 Å². The molecule has 3 heteroatoms. The van der Waals surface area contributed by atoms with Gasteiger partial charge in [0.15, 0.2) is 0 Å². The van der Waals surface area contributed by atoms with Crippen molar-refractivity contribution in [1.29, 1.82) is 0 Å². The molecule has 1 nitrogen and oxygen atoms in total. The van der Waals surface area contributed by atoms with E-state index in [1.54, 1.807) is 6.07 Å². The van der Waals surface area contributed by atoms with E-state index in [9.17, 15) is 4.39 Å². The van der Waals surface area contributed by atoms with Gasteiger partial charge >= 0.3 is 0 Å². The van der Waals surface area contributed by atoms with Gasteiger partial charge in [0.25, 0.3) is 0 Å². The second-order valence-corrected chi connectivity index (χ2v) is 6.12. The number of hydrogen-bond acceptors (Lipinski definition) is 1. The molecule has 0 aliphatic rings. The fraction of sp³-hybridized carbons (Fsp3) is 0.294. The van der Waals surface area contributed by atoms with Gasteiger partial charge in [-0.25, -0.2) is 4.39 Å². The highest BCUT2D eigenvalue weighted by molar-refractivity contribution is 9.10. The van der Waals surface area contributed by atoms with Crippen LogP contribution < -0.4 is 5.32 Å². The van der Waals surface area contributed by atoms with Crippen LogP contribution in [-0.2, 0) is 0 Å². The molecule has 0 fully saturated rings. The second kappa shape index (κ2) is 6.89. The minimum atomic E-state index is -0.231. The maximum absolute atomic E-state index is 13.1. The standard InChI is InChI=1S/C17H19BrFN/c1-12(2)15(13-6-4-3-5-7-13)11-20-17-9-8-14(19)10-16(17)18/h3-10,12,15,20H,11H2,1-2H3. The molecule has 1 atom stereocenters. The quantitative estimate of drug-likeness (QED) is 0.767. The molecule has 0 radical (unpaired) electrons. The average Bonchev–Trinajstić information content (AvgIpc) is 2.42. The summed E-state index contributed by atoms with van der Waals surface area (Å²) in [5, 5.41) is 3.41. The first-order valence-corrected chi connectivity index (χ1v) is 7.61. The largest absolute Gasteiger partial charge is 0.384 e. The maximum Gasteiger partial charge on any atom is 0.124 e. The van der Waals surface area contributed by atoms with E-state index in [0.717, 1.165) is 16.7 Å². The van der Waals surface area contributed by atoms with Crippen LogP contribution in [0.25, 0.3) is 0 Å². The number of halogens is 2. The highest BCUT2D eigenvalue weighted by Gasteiger charge is 2.15. The monoisotopic (exact) mass is 335 g/mol. The minimum Gasteiger partial charge on any atom is -0.384 e. The third-order valence-electron chi connectivity index (χ3n) is 3.48. The van der Waals surface area contributed by atoms with Crippen LogP contribution >= 0.6 is 15.9 Å². The van der Waals surface area contributed by atoms with Crippen molar-refractivity contribution in [3.8, 4) is 0 Å². The Bertz CT molecular complexity index is 554. The van der Waals surface area contributed by atoms with Crippen molar-refractivity contribution in [1.82, 2.24) is 0 Å². The van der Waals surface area contributed by atoms with E-state index < -0.39 is 0 Å². The first-order chi connectivity index (χ1) is 9.58. The Morgan fingerprint density at radius 1 is 1.10 bits per heavy atom. The second-order valence-electron chi connectivity index (χ2n) is 5.27. The van der Waals surface area contributed by atoms with Gasteiger partial charge in [-0.3, -0.25) is 0 Å². The third kappa shape index (κ3) is 3.83. The van der Waals surface area contributed by atoms with Gasteiger partial charge in [-0.2, -0.15) is 0 Å². The molecule has 0 amide bonds. The van der Waals surface area contributed by atoms with Crippen LogP contribution in [0.5, 0.6) is 0 Å². The predicted molar refractivity (Wildman–Crippen MR) is 86.6 cm³/mol. The fourth-order valence-corrected chi connectivity index (χ4v) is 2.78. The Hall–Kier alpha value is -1.35. The molecule has 1 unspecified atom stereocenters. The highest BCUT2D eigenvalue weighted by Crippen LogP contribution is 2.27. The van der Waals surface area contributed by atoms with Gasteiger partial charge in [0.1, 0.15) is 5.82 Å². The summed E-state index contributed by atoms with van der Waals surface area (Å²) in [5.41, 5.74) is 2.25. The molecule has 106 valence electrons. The van der Waals surface area contributed by atoms with Gasteiger partial charge in [-0.1, -0.05) is 44.2 Å². The lowest BCUT2D eigenvalue weighted by atomic mass is 9.88. The zero-order chi connectivity index (χ0) is 14.5. The Labute approximate surface area is 128 Å². The van der Waals surface area contributed by atoms with Gasteiger partial charge in [0.05, 0.1) is 0 Å². The van der Waals surface area contributed by atoms with Crippen LogP contribution in [0.1, 0.15) is 25.3 Å². The van der Waals surface area contributed by atoms with Gasteiger partial charge in [-0.15, -0.1) is 0 Å². The molecule has 0 aliphatic heterocycles. The number of hydrogen-bond donors (Lipinski definition) is 1. The van der Waals surface area contributed by atoms with Crippen molar-refractivity contribution in [3.63, 3.8) is 0 Å². The summed E-state index contributed by atoms with van der Waals surface area (Å²) >= 11 is 3.39. The summed E-state index contributed by atoms with van der Waals surface area (Å²) in [6.45, 7) is 5.27. The van der Waals surface area contributed by atoms with Crippen molar-refractivity contribution >= 4 is 21.6 Å². The molecule has 0 bridgehead atoms. The molecule has 0 saturated carbocycles. The molecule has 0 aromatic heterocycles. The molecule has 0 saturated heterocycles. The van der Waals surface area contributed by atoms with Crippen LogP contribution in [0.2, 0.25) is 0 Å². The molecule has 0 spiro atoms. The Morgan fingerprint density at radius 3 is 2.40 bits per heavy atom. The number of nitrogens with one attached hydrogen (secondary N) is 1. The van der Waals surface area contributed by atoms with E-state index in [4.69, 9.17) is 0 Å². The molecular formula is C17H19BrFN. The zero-order valence-corrected chi connectivity index (χ0v) is 13.3. The predicted octanol–water partition coefficient (Wildman–Crippen LogP) is 5.44. The zero-order valence-electron chi connectivity index (χ0n) is 11.7. The minimum absolute atomic E-state index is 0.231. The van der Waals surface area contributed by atoms with E-state index in [0.29, 0.717) is 11.8 Å². The van der Waals surface area contributed by atoms with E-state index in [-0.39, 0.29) is 5.82 Å². The smallest absolute Gasteiger partial charge is 0.124 e. The van der Waals surface area contributed by atoms with Crippen molar-refractivity contribution in [3.05, 3.63) is 64.4 Å². The van der Waals surface area contributed by atoms with Gasteiger partial charge in [0, 0.05) is 22.6 Å². The summed E-state index contributed by atoms with van der Waals surface area (Å²) in [6.07, 6.45) is 0. The summed E-state index contributed by atoms with van der Waals surface area (Å²) in [6, 6.07) is 15.2. The Balaban J connectivity index is 2.10. The summed E-state index contributed by atoms with van der Waals surface area (Å²) in [4.78, 5) is 0. The van der Waals surface area contributed by atoms with Crippen LogP contribution in [0, 0.1) is 11.7 Å². The summed E-state index contributed by atoms with van der Waals surface area (Å²) in [5.74, 6) is 0.725. The van der Waals surface area contributed by atoms with Crippen molar-refractivity contribution in [2.75, 3.05) is 11.9 Å². The summed E-state index contributed by atoms with van der Waals surface area (Å²) in [7, 11) is 0. The molecule has 2 aromatic rings. The molecule has 20 heavy (non-hydrogen) atoms. The Morgan fingerprint density at radius 2 is 1.80 bits per heavy atom. The van der Waals surface area contributed by atoms with Crippen LogP contribution in [0.4, 0.5) is 10.1 Å². The third-order valence-corrected chi connectivity index (χ3v) is 4.13. The number of benzene rings is 2. The first kappa shape index (κ1) is 15.0. The molecule has 1 N–H and O–H groups in total. The van der Waals surface area contributed by atoms with Crippen molar-refractivity contribution in [2.24, 2.45) is 5.92 Å². The molecule has 0 heterocycles. The van der Waals surface area contributed by atoms with Crippen LogP contribution in [-0.4, -0.2) is 6.54 Å². The highest BCUT2D eigenvalue weighted by atomic mass is 79.9. The van der Waals surface area contributed by atoms with Gasteiger partial charge in [0.2, 0.25) is 0 Å². The Kier molecular flexibility index (Phi) is 5.18. The molecular weight excluding hydrogens is 317 g/mol. The van der Waals surface area contributed by atoms with E-state index >= 15 is 0 Å². The van der Waals surface area contributed by atoms with E-state index in [2.05, 4.69) is 59.4 Å². The fourth-order valence-electron chi connectivity index (χ4n) is 2.29. The normalized spacial score (nSPS) is 12.4. The first-order valence-electron chi connectivity index (χ1n) is 6.82. The van der Waals surface area contributed by atoms with Crippen LogP contribution in [0.15, 0.2) is 53.0 Å². The maximum atomic E-state index is 13.1. The molecule has 2 rings (SSSR count). The van der Waals surface area contributed by atoms with Gasteiger partial charge in [-0.05, 0) is 45.6 Å². The van der Waals surface area contributed by atoms with Crippen LogP contribution in [0.3, 0.4) is 0 Å². The van der Waals surface area contributed by atoms with Crippen molar-refractivity contribution < 1.29 is 4.39 Å². The lowest BCUT2D eigenvalue weighted by molar-refractivity contribution is 0.517. The van der Waals surface area contributed by atoms with Crippen molar-refractivity contribution in [2.45, 2.75) is 19.8 Å². The van der Waals surface area contributed by atoms with E-state index in [1.807, 2.05) is 6.07 Å². The number of rotatable bonds is 5. The van der Waals surface area contributed by atoms with Gasteiger partial charge < -0.3 is 5.32 Å².